The van der Waals surface area contributed by atoms with E-state index in [1.54, 1.807) is 45.9 Å². The van der Waals surface area contributed by atoms with Crippen LogP contribution in [0.4, 0.5) is 0 Å². The van der Waals surface area contributed by atoms with Gasteiger partial charge in [0.2, 0.25) is 5.79 Å². The molecule has 12 atom stereocenters. The molecule has 0 aromatic rings. The van der Waals surface area contributed by atoms with Crippen LogP contribution in [0.25, 0.3) is 0 Å². The van der Waals surface area contributed by atoms with Crippen molar-refractivity contribution in [2.24, 2.45) is 10.8 Å². The Hall–Kier alpha value is -3.78. The summed E-state index contributed by atoms with van der Waals surface area (Å²) in [5.41, 5.74) is -1.99. The molecule has 0 amide bonds. The molecule has 17 nitrogen and oxygen atoms in total. The topological polar surface area (TPSA) is 243 Å². The summed E-state index contributed by atoms with van der Waals surface area (Å²) in [4.78, 5) is 51.3. The minimum atomic E-state index is -2.44. The number of allylic oxidation sites excluding steroid dienone is 3. The van der Waals surface area contributed by atoms with Crippen LogP contribution in [-0.4, -0.2) is 136 Å². The maximum atomic E-state index is 13.4. The Labute approximate surface area is 376 Å². The summed E-state index contributed by atoms with van der Waals surface area (Å²) in [5, 5.41) is 58.8. The fourth-order valence-electron chi connectivity index (χ4n) is 8.69. The fraction of sp³-hybridized carbons (Fsp3) is 0.702. The van der Waals surface area contributed by atoms with E-state index < -0.39 is 108 Å². The van der Waals surface area contributed by atoms with Crippen molar-refractivity contribution in [1.82, 2.24) is 0 Å². The van der Waals surface area contributed by atoms with Gasteiger partial charge in [0.25, 0.3) is 0 Å². The second kappa shape index (κ2) is 22.6. The van der Waals surface area contributed by atoms with E-state index in [9.17, 15) is 44.7 Å². The van der Waals surface area contributed by atoms with Gasteiger partial charge >= 0.3 is 23.9 Å². The quantitative estimate of drug-likeness (QED) is 0.0720. The molecule has 0 aliphatic carbocycles. The number of carbonyl (C=O) groups excluding carboxylic acids is 4. The lowest BCUT2D eigenvalue weighted by Gasteiger charge is -2.53. The number of rotatable bonds is 9. The third-order valence-corrected chi connectivity index (χ3v) is 12.5. The highest BCUT2D eigenvalue weighted by molar-refractivity contribution is 5.84. The lowest BCUT2D eigenvalue weighted by molar-refractivity contribution is -0.349. The van der Waals surface area contributed by atoms with Crippen LogP contribution in [0, 0.1) is 10.8 Å². The van der Waals surface area contributed by atoms with Crippen LogP contribution in [0.3, 0.4) is 0 Å². The summed E-state index contributed by atoms with van der Waals surface area (Å²) in [7, 11) is 2.42. The molecule has 6 bridgehead atoms. The molecule has 0 aromatic carbocycles. The maximum Gasteiger partial charge on any atom is 0.331 e. The van der Waals surface area contributed by atoms with E-state index in [1.165, 1.54) is 46.3 Å². The zero-order valence-corrected chi connectivity index (χ0v) is 38.6. The lowest BCUT2D eigenvalue weighted by atomic mass is 9.70. The first-order valence-corrected chi connectivity index (χ1v) is 22.1. The Kier molecular flexibility index (Phi) is 18.7. The Bertz CT molecular complexity index is 1780. The van der Waals surface area contributed by atoms with E-state index >= 15 is 0 Å². The van der Waals surface area contributed by atoms with Gasteiger partial charge in [0.1, 0.15) is 6.10 Å². The molecular formula is C47H70O17. The number of ether oxygens (including phenoxy) is 8. The molecule has 0 spiro atoms. The van der Waals surface area contributed by atoms with E-state index in [4.69, 9.17) is 37.9 Å². The van der Waals surface area contributed by atoms with E-state index in [2.05, 4.69) is 0 Å². The normalized spacial score (nSPS) is 37.1. The summed E-state index contributed by atoms with van der Waals surface area (Å²) in [5.74, 6) is -7.33. The summed E-state index contributed by atoms with van der Waals surface area (Å²) in [6, 6.07) is 0. The monoisotopic (exact) mass is 906 g/mol. The number of esters is 4. The molecule has 5 N–H and O–H groups in total. The number of hydrogen-bond donors (Lipinski definition) is 5. The molecule has 3 fully saturated rings. The molecule has 4 aliphatic heterocycles. The van der Waals surface area contributed by atoms with Gasteiger partial charge in [-0.3, -0.25) is 4.79 Å². The van der Waals surface area contributed by atoms with Crippen molar-refractivity contribution in [2.45, 2.75) is 185 Å². The number of unbranched alkanes of at least 4 members (excludes halogenated alkanes) is 1. The lowest BCUT2D eigenvalue weighted by Crippen LogP contribution is -2.62. The summed E-state index contributed by atoms with van der Waals surface area (Å²) in [6.07, 6.45) is 1.82. The van der Waals surface area contributed by atoms with E-state index in [-0.39, 0.29) is 56.9 Å². The summed E-state index contributed by atoms with van der Waals surface area (Å²) in [6.45, 7) is 11.3. The third kappa shape index (κ3) is 13.6. The first-order valence-electron chi connectivity index (χ1n) is 22.1. The minimum absolute atomic E-state index is 0.102. The molecule has 64 heavy (non-hydrogen) atoms. The van der Waals surface area contributed by atoms with Gasteiger partial charge in [-0.2, -0.15) is 0 Å². The van der Waals surface area contributed by atoms with Crippen LogP contribution in [0.2, 0.25) is 0 Å². The largest absolute Gasteiger partial charge is 0.466 e. The van der Waals surface area contributed by atoms with Crippen molar-refractivity contribution >= 4 is 23.9 Å². The van der Waals surface area contributed by atoms with Crippen LogP contribution in [0.15, 0.2) is 59.8 Å². The Morgan fingerprint density at radius 1 is 0.844 bits per heavy atom. The molecule has 4 rings (SSSR count). The molecule has 17 heteroatoms. The molecule has 0 radical (unpaired) electrons. The molecule has 1 unspecified atom stereocenters. The van der Waals surface area contributed by atoms with E-state index in [1.807, 2.05) is 13.0 Å². The highest BCUT2D eigenvalue weighted by Crippen LogP contribution is 2.50. The SMILES string of the molecule is CCC/C=C/C=C/C(=O)O[C@H]1/C(=C/C(=O)OC)C[C@H]2C[C@H]([C@@H](C)O)OC(O)C[C@H](O)C[C@@H]3C[C@H](OC(C)=O)C(C)(C)[C@](O)(C[C@@H]4C/C(=C/C(=O)OC)C[C@H](/C=C/C(C)(C)[C@]1(O)O2)O4)O3. The predicted octanol–water partition coefficient (Wildman–Crippen LogP) is 4.07. The van der Waals surface area contributed by atoms with Gasteiger partial charge in [-0.25, -0.2) is 14.4 Å². The first kappa shape index (κ1) is 52.8. The second-order valence-corrected chi connectivity index (χ2v) is 18.4. The standard InChI is InChI=1S/C47H70O17/c1-10-11-12-13-14-15-39(51)62-43-31(22-41(53)58-9)21-34-25-37(28(2)48)61-42(54)24-32(50)23-35-26-38(59-29(3)49)45(6,7)46(55,63-35)27-36-19-30(20-40(52)57-8)18-33(60-36)16-17-44(4,5)47(43,56)64-34/h12-17,20,22,28,32-38,42-43,48,50,54-56H,10-11,18-19,21,23-27H2,1-9H3/b13-12+,15-14+,17-16+,30-20+,31-22+/t28-,32-,33+,34+,35-,36+,37-,38+,42?,43+,46+,47-/m1/s1. The Morgan fingerprint density at radius 2 is 1.53 bits per heavy atom. The highest BCUT2D eigenvalue weighted by atomic mass is 16.7. The molecule has 3 saturated heterocycles. The number of aliphatic hydroxyl groups is 5. The van der Waals surface area contributed by atoms with Crippen molar-refractivity contribution in [3.63, 3.8) is 0 Å². The summed E-state index contributed by atoms with van der Waals surface area (Å²) >= 11 is 0. The van der Waals surface area contributed by atoms with Crippen LogP contribution in [0.1, 0.15) is 113 Å². The second-order valence-electron chi connectivity index (χ2n) is 18.4. The number of fused-ring (bicyclic) bond motifs is 6. The smallest absolute Gasteiger partial charge is 0.331 e. The van der Waals surface area contributed by atoms with Gasteiger partial charge in [-0.15, -0.1) is 0 Å². The average Bonchev–Trinajstić information content (AvgIpc) is 3.19. The van der Waals surface area contributed by atoms with E-state index in [0.29, 0.717) is 5.57 Å². The van der Waals surface area contributed by atoms with Gasteiger partial charge in [-0.05, 0) is 44.6 Å². The van der Waals surface area contributed by atoms with E-state index in [0.717, 1.165) is 18.9 Å². The number of aliphatic hydroxyl groups excluding tert-OH is 3. The molecule has 360 valence electrons. The fourth-order valence-corrected chi connectivity index (χ4v) is 8.69. The predicted molar refractivity (Wildman–Crippen MR) is 229 cm³/mol. The number of hydrogen-bond acceptors (Lipinski definition) is 17. The van der Waals surface area contributed by atoms with Gasteiger partial charge < -0.3 is 63.4 Å². The Morgan fingerprint density at radius 3 is 2.17 bits per heavy atom. The van der Waals surface area contributed by atoms with Gasteiger partial charge in [0.05, 0.1) is 62.4 Å². The first-order chi connectivity index (χ1) is 29.9. The zero-order chi connectivity index (χ0) is 47.6. The molecule has 0 aromatic heterocycles. The molecule has 4 heterocycles. The van der Waals surface area contributed by atoms with Crippen molar-refractivity contribution in [3.05, 3.63) is 59.8 Å². The minimum Gasteiger partial charge on any atom is -0.466 e. The van der Waals surface area contributed by atoms with Crippen molar-refractivity contribution in [1.29, 1.82) is 0 Å². The van der Waals surface area contributed by atoms with Crippen LogP contribution < -0.4 is 0 Å². The zero-order valence-electron chi connectivity index (χ0n) is 38.6. The van der Waals surface area contributed by atoms with Crippen LogP contribution >= 0.6 is 0 Å². The van der Waals surface area contributed by atoms with Crippen molar-refractivity contribution < 1.29 is 82.6 Å². The number of methoxy groups -OCH3 is 2. The highest BCUT2D eigenvalue weighted by Gasteiger charge is 2.59. The van der Waals surface area contributed by atoms with Gasteiger partial charge in [0, 0.05) is 56.3 Å². The Balaban J connectivity index is 1.89. The average molecular weight is 907 g/mol. The molecular weight excluding hydrogens is 836 g/mol. The number of carbonyl (C=O) groups is 4. The maximum absolute atomic E-state index is 13.4. The van der Waals surface area contributed by atoms with Crippen molar-refractivity contribution in [2.75, 3.05) is 14.2 Å². The molecule has 0 saturated carbocycles. The van der Waals surface area contributed by atoms with Crippen LogP contribution in [0.5, 0.6) is 0 Å². The summed E-state index contributed by atoms with van der Waals surface area (Å²) < 4.78 is 47.0. The molecule has 4 aliphatic rings. The van der Waals surface area contributed by atoms with Crippen LogP contribution in [-0.2, 0) is 57.1 Å². The third-order valence-electron chi connectivity index (χ3n) is 12.5. The van der Waals surface area contributed by atoms with Gasteiger partial charge in [0.15, 0.2) is 18.2 Å². The van der Waals surface area contributed by atoms with Gasteiger partial charge in [-0.1, -0.05) is 77.0 Å². The van der Waals surface area contributed by atoms with Crippen molar-refractivity contribution in [3.8, 4) is 0 Å².